The van der Waals surface area contributed by atoms with Gasteiger partial charge in [0.15, 0.2) is 5.65 Å². The maximum absolute atomic E-state index is 12.2. The molecular weight excluding hydrogens is 348 g/mol. The van der Waals surface area contributed by atoms with Gasteiger partial charge in [-0.1, -0.05) is 6.58 Å². The van der Waals surface area contributed by atoms with E-state index in [0.29, 0.717) is 11.0 Å². The Bertz CT molecular complexity index is 1040. The lowest BCUT2D eigenvalue weighted by Gasteiger charge is -2.19. The molecule has 0 saturated carbocycles. The third-order valence-corrected chi connectivity index (χ3v) is 3.93. The molecule has 0 aliphatic heterocycles. The zero-order valence-electron chi connectivity index (χ0n) is 14.7. The molecule has 3 aromatic rings. The highest BCUT2D eigenvalue weighted by atomic mass is 16.4. The molecule has 3 rings (SSSR count). The van der Waals surface area contributed by atoms with Crippen LogP contribution in [0.15, 0.2) is 43.4 Å². The van der Waals surface area contributed by atoms with Gasteiger partial charge in [0.05, 0.1) is 23.7 Å². The third kappa shape index (κ3) is 3.61. The van der Waals surface area contributed by atoms with Crippen LogP contribution in [0.3, 0.4) is 0 Å². The number of rotatable bonds is 6. The van der Waals surface area contributed by atoms with Gasteiger partial charge in [-0.2, -0.15) is 9.97 Å². The van der Waals surface area contributed by atoms with Crippen LogP contribution in [-0.4, -0.2) is 43.0 Å². The maximum Gasteiger partial charge on any atom is 0.305 e. The van der Waals surface area contributed by atoms with Crippen molar-refractivity contribution in [3.63, 3.8) is 0 Å². The van der Waals surface area contributed by atoms with Crippen LogP contribution in [0.25, 0.3) is 16.7 Å². The van der Waals surface area contributed by atoms with Crippen LogP contribution in [-0.2, 0) is 9.59 Å². The maximum atomic E-state index is 12.2. The lowest BCUT2D eigenvalue weighted by Crippen LogP contribution is -2.33. The fraction of sp³-hybridized carbons (Fsp3) is 0.167. The minimum atomic E-state index is -1.04. The predicted octanol–water partition coefficient (Wildman–Crippen LogP) is 1.70. The summed E-state index contributed by atoms with van der Waals surface area (Å²) in [6.07, 6.45) is 6.02. The Hall–Kier alpha value is -3.75. The molecule has 27 heavy (non-hydrogen) atoms. The van der Waals surface area contributed by atoms with E-state index in [4.69, 9.17) is 10.8 Å². The third-order valence-electron chi connectivity index (χ3n) is 3.93. The largest absolute Gasteiger partial charge is 0.481 e. The molecule has 0 spiro atoms. The summed E-state index contributed by atoms with van der Waals surface area (Å²) >= 11 is 0. The number of nitrogen functional groups attached to an aromatic ring is 1. The number of pyridine rings is 1. The fourth-order valence-electron chi connectivity index (χ4n) is 2.65. The summed E-state index contributed by atoms with van der Waals surface area (Å²) in [4.78, 5) is 37.1. The van der Waals surface area contributed by atoms with E-state index in [-0.39, 0.29) is 24.7 Å². The molecule has 0 atom stereocenters. The van der Waals surface area contributed by atoms with E-state index in [0.717, 1.165) is 22.2 Å². The van der Waals surface area contributed by atoms with Gasteiger partial charge in [0.25, 0.3) is 5.91 Å². The minimum absolute atomic E-state index is 0.0201. The molecule has 0 fully saturated rings. The highest BCUT2D eigenvalue weighted by Crippen LogP contribution is 2.25. The topological polar surface area (TPSA) is 127 Å². The van der Waals surface area contributed by atoms with Crippen molar-refractivity contribution < 1.29 is 14.7 Å². The fourth-order valence-corrected chi connectivity index (χ4v) is 2.65. The molecule has 3 heterocycles. The molecule has 9 heteroatoms. The van der Waals surface area contributed by atoms with Crippen molar-refractivity contribution in [2.75, 3.05) is 17.2 Å². The molecule has 0 aromatic carbocycles. The Morgan fingerprint density at radius 3 is 2.81 bits per heavy atom. The van der Waals surface area contributed by atoms with Crippen molar-refractivity contribution in [3.8, 4) is 5.69 Å². The van der Waals surface area contributed by atoms with Crippen LogP contribution >= 0.6 is 0 Å². The SMILES string of the molecule is C=CC(=O)N(CCC(=O)O)c1nc(N)c2ccn(-c3cncc(C)c3)c2n1. The first-order chi connectivity index (χ1) is 12.9. The van der Waals surface area contributed by atoms with Gasteiger partial charge >= 0.3 is 5.97 Å². The molecule has 3 N–H and O–H groups in total. The average molecular weight is 366 g/mol. The Morgan fingerprint density at radius 2 is 2.15 bits per heavy atom. The highest BCUT2D eigenvalue weighted by Gasteiger charge is 2.20. The quantitative estimate of drug-likeness (QED) is 0.636. The van der Waals surface area contributed by atoms with E-state index in [9.17, 15) is 9.59 Å². The van der Waals surface area contributed by atoms with Gasteiger partial charge in [-0.05, 0) is 30.7 Å². The molecule has 0 aliphatic carbocycles. The van der Waals surface area contributed by atoms with Crippen LogP contribution < -0.4 is 10.6 Å². The Morgan fingerprint density at radius 1 is 1.37 bits per heavy atom. The van der Waals surface area contributed by atoms with E-state index in [2.05, 4.69) is 21.5 Å². The summed E-state index contributed by atoms with van der Waals surface area (Å²) in [6.45, 7) is 5.27. The summed E-state index contributed by atoms with van der Waals surface area (Å²) < 4.78 is 1.78. The number of amides is 1. The van der Waals surface area contributed by atoms with Gasteiger partial charge in [-0.3, -0.25) is 24.0 Å². The molecule has 9 nitrogen and oxygen atoms in total. The summed E-state index contributed by atoms with van der Waals surface area (Å²) in [6, 6.07) is 3.70. The number of hydrogen-bond donors (Lipinski definition) is 2. The standard InChI is InChI=1S/C18H18N6O3/c1-3-14(25)24(7-5-15(26)27)18-21-16(19)13-4-6-23(17(13)22-18)12-8-11(2)9-20-10-12/h3-4,6,8-10H,1,5,7H2,2H3,(H,26,27)(H2,19,21,22). The van der Waals surface area contributed by atoms with Crippen molar-refractivity contribution in [3.05, 3.63) is 48.9 Å². The number of carbonyl (C=O) groups excluding carboxylic acids is 1. The summed E-state index contributed by atoms with van der Waals surface area (Å²) in [5.74, 6) is -1.34. The average Bonchev–Trinajstić information content (AvgIpc) is 3.06. The second-order valence-electron chi connectivity index (χ2n) is 5.89. The van der Waals surface area contributed by atoms with Crippen molar-refractivity contribution in [1.82, 2.24) is 19.5 Å². The summed E-state index contributed by atoms with van der Waals surface area (Å²) in [5, 5.41) is 9.55. The molecule has 0 aliphatic rings. The lowest BCUT2D eigenvalue weighted by molar-refractivity contribution is -0.136. The number of fused-ring (bicyclic) bond motifs is 1. The Labute approximate surface area is 154 Å². The van der Waals surface area contributed by atoms with Crippen LogP contribution in [0, 0.1) is 6.92 Å². The van der Waals surface area contributed by atoms with E-state index in [1.807, 2.05) is 13.0 Å². The number of hydrogen-bond acceptors (Lipinski definition) is 6. The van der Waals surface area contributed by atoms with E-state index < -0.39 is 11.9 Å². The van der Waals surface area contributed by atoms with Gasteiger partial charge in [-0.15, -0.1) is 0 Å². The number of carboxylic acid groups (broad SMARTS) is 1. The number of carbonyl (C=O) groups is 2. The molecule has 3 aromatic heterocycles. The smallest absolute Gasteiger partial charge is 0.305 e. The minimum Gasteiger partial charge on any atom is -0.481 e. The predicted molar refractivity (Wildman–Crippen MR) is 101 cm³/mol. The van der Waals surface area contributed by atoms with Crippen LogP contribution in [0.1, 0.15) is 12.0 Å². The second kappa shape index (κ2) is 7.24. The van der Waals surface area contributed by atoms with Crippen LogP contribution in [0.2, 0.25) is 0 Å². The number of carboxylic acids is 1. The summed E-state index contributed by atoms with van der Waals surface area (Å²) in [7, 11) is 0. The van der Waals surface area contributed by atoms with Gasteiger partial charge in [0.1, 0.15) is 5.82 Å². The number of aryl methyl sites for hydroxylation is 1. The number of aromatic nitrogens is 4. The van der Waals surface area contributed by atoms with Gasteiger partial charge < -0.3 is 10.8 Å². The first-order valence-electron chi connectivity index (χ1n) is 8.13. The van der Waals surface area contributed by atoms with Crippen molar-refractivity contribution in [1.29, 1.82) is 0 Å². The molecular formula is C18H18N6O3. The van der Waals surface area contributed by atoms with Gasteiger partial charge in [0.2, 0.25) is 5.95 Å². The Kier molecular flexibility index (Phi) is 4.84. The van der Waals surface area contributed by atoms with Crippen LogP contribution in [0.5, 0.6) is 0 Å². The van der Waals surface area contributed by atoms with E-state index >= 15 is 0 Å². The summed E-state index contributed by atoms with van der Waals surface area (Å²) in [5.41, 5.74) is 8.29. The molecule has 1 amide bonds. The zero-order chi connectivity index (χ0) is 19.6. The Balaban J connectivity index is 2.13. The van der Waals surface area contributed by atoms with Gasteiger partial charge in [-0.25, -0.2) is 0 Å². The molecule has 0 unspecified atom stereocenters. The molecule has 138 valence electrons. The molecule has 0 radical (unpaired) electrons. The first kappa shape index (κ1) is 18.1. The van der Waals surface area contributed by atoms with E-state index in [1.54, 1.807) is 29.2 Å². The van der Waals surface area contributed by atoms with Crippen molar-refractivity contribution in [2.45, 2.75) is 13.3 Å². The zero-order valence-corrected chi connectivity index (χ0v) is 14.7. The van der Waals surface area contributed by atoms with Crippen molar-refractivity contribution in [2.24, 2.45) is 0 Å². The van der Waals surface area contributed by atoms with Gasteiger partial charge in [0, 0.05) is 18.9 Å². The highest BCUT2D eigenvalue weighted by molar-refractivity contribution is 6.01. The number of nitrogens with two attached hydrogens (primary N) is 1. The second-order valence-corrected chi connectivity index (χ2v) is 5.89. The number of nitrogens with zero attached hydrogens (tertiary/aromatic N) is 5. The normalized spacial score (nSPS) is 10.7. The van der Waals surface area contributed by atoms with Crippen molar-refractivity contribution >= 4 is 34.7 Å². The number of aliphatic carboxylic acids is 1. The number of anilines is 2. The van der Waals surface area contributed by atoms with E-state index in [1.165, 1.54) is 0 Å². The van der Waals surface area contributed by atoms with Crippen LogP contribution in [0.4, 0.5) is 11.8 Å². The molecule has 0 saturated heterocycles. The lowest BCUT2D eigenvalue weighted by atomic mass is 10.3. The first-order valence-corrected chi connectivity index (χ1v) is 8.13. The molecule has 0 bridgehead atoms. The monoisotopic (exact) mass is 366 g/mol.